The second-order valence-corrected chi connectivity index (χ2v) is 19.1. The third kappa shape index (κ3) is 17.9. The van der Waals surface area contributed by atoms with Gasteiger partial charge in [-0.25, -0.2) is 0 Å². The summed E-state index contributed by atoms with van der Waals surface area (Å²) in [6.07, 6.45) is -16.9. The molecule has 4 fully saturated rings. The van der Waals surface area contributed by atoms with Crippen LogP contribution in [0, 0.1) is 0 Å². The molecule has 0 aliphatic carbocycles. The van der Waals surface area contributed by atoms with Gasteiger partial charge in [-0.05, 0) is 37.3 Å². The van der Waals surface area contributed by atoms with Crippen molar-refractivity contribution in [2.45, 2.75) is 195 Å². The van der Waals surface area contributed by atoms with E-state index in [0.29, 0.717) is 13.1 Å². The topological polar surface area (TPSA) is 422 Å². The van der Waals surface area contributed by atoms with Crippen LogP contribution in [0.15, 0.2) is 0 Å². The van der Waals surface area contributed by atoms with Crippen molar-refractivity contribution in [1.29, 1.82) is 0 Å². The smallest absolute Gasteiger partial charge is 0.217 e. The van der Waals surface area contributed by atoms with Gasteiger partial charge >= 0.3 is 0 Å². The molecule has 0 saturated carbocycles. The van der Waals surface area contributed by atoms with Crippen molar-refractivity contribution in [3.8, 4) is 0 Å². The third-order valence-corrected chi connectivity index (χ3v) is 13.1. The number of hydrogen-bond donors (Lipinski definition) is 18. The minimum Gasteiger partial charge on any atom is -0.394 e. The predicted octanol–water partition coefficient (Wildman–Crippen LogP) is -7.53. The van der Waals surface area contributed by atoms with Crippen LogP contribution in [0.5, 0.6) is 0 Å². The van der Waals surface area contributed by atoms with Crippen molar-refractivity contribution in [3.63, 3.8) is 0 Å². The number of ether oxygens (including phenoxy) is 6. The highest BCUT2D eigenvalue weighted by atomic mass is 32.1. The first-order valence-corrected chi connectivity index (χ1v) is 25.1. The molecule has 4 amide bonds. The molecule has 73 heavy (non-hydrogen) atoms. The van der Waals surface area contributed by atoms with E-state index in [1.54, 1.807) is 0 Å². The molecule has 0 aromatic rings. The fourth-order valence-corrected chi connectivity index (χ4v) is 9.39. The number of thiocarbonyl (C=S) groups is 2. The Morgan fingerprint density at radius 3 is 1.01 bits per heavy atom. The average molecular weight is 1090 g/mol. The number of carbonyl (C=O) groups is 4. The summed E-state index contributed by atoms with van der Waals surface area (Å²) in [6.45, 7) is 2.91. The standard InChI is InChI=1S/C43H76N8O20S2/c1-18(56)46-26-34(64)36(70-40-28(48-20(3)58)32(62)30(60)22(14-52)68-40)24(16-54)66-38(26)50-42(72)44-12-10-8-6-5-7-9-11-13-45-43(73)51-39-27(47-19(2)57)35(65)37(25(17-55)67-39)71-41-29(49-21(4)59)33(63)31(61)23(15-53)69-41/h22-41,52-55,60-65H,5-17H2,1-4H3,(H,46,56)(H,47,57)(H,48,58)(H,49,59)(H2,44,50,72)(H2,45,51,73)/t22-,23-,24-,25-,26-,27-,28-,29-,30+,31+,32-,33-,34-,35-,36-,37-,38-,39-,40+,41+/m1/s1. The summed E-state index contributed by atoms with van der Waals surface area (Å²) in [6, 6.07) is -5.08. The SMILES string of the molecule is CC(=O)N[C@@H]1[C@@H](O)[C@H](O[C@@H]2O[C@H](CO)[C@H](O)[C@H](O)[C@H]2NC(C)=O)[C@@H](CO)O[C@H]1NC(=S)NCCCCCCCCCNC(=S)N[C@@H]1O[C@H](CO)[C@@H](O[C@@H]2O[C@H](CO)[C@H](O)[C@H](O)[C@H]2NC(C)=O)[C@H](O)[C@H]1NC(C)=O. The van der Waals surface area contributed by atoms with Gasteiger partial charge in [-0.1, -0.05) is 32.1 Å². The number of carbonyl (C=O) groups excluding carboxylic acids is 4. The Morgan fingerprint density at radius 2 is 0.712 bits per heavy atom. The molecule has 30 heteroatoms. The predicted molar refractivity (Wildman–Crippen MR) is 259 cm³/mol. The van der Waals surface area contributed by atoms with Crippen LogP contribution in [0.2, 0.25) is 0 Å². The maximum Gasteiger partial charge on any atom is 0.217 e. The van der Waals surface area contributed by atoms with E-state index in [4.69, 9.17) is 52.9 Å². The summed E-state index contributed by atoms with van der Waals surface area (Å²) in [5.41, 5.74) is 0. The van der Waals surface area contributed by atoms with E-state index >= 15 is 0 Å². The molecular formula is C43H76N8O20S2. The molecule has 4 aliphatic heterocycles. The number of hydrogen-bond acceptors (Lipinski definition) is 22. The van der Waals surface area contributed by atoms with Crippen molar-refractivity contribution >= 4 is 58.3 Å². The molecule has 18 N–H and O–H groups in total. The van der Waals surface area contributed by atoms with Crippen LogP contribution < -0.4 is 42.5 Å². The molecule has 0 spiro atoms. The van der Waals surface area contributed by atoms with Crippen LogP contribution in [0.3, 0.4) is 0 Å². The normalized spacial score (nSPS) is 36.5. The van der Waals surface area contributed by atoms with E-state index < -0.39 is 173 Å². The first-order chi connectivity index (χ1) is 34.6. The van der Waals surface area contributed by atoms with E-state index in [-0.39, 0.29) is 10.2 Å². The minimum absolute atomic E-state index is 0.139. The van der Waals surface area contributed by atoms with Gasteiger partial charge < -0.3 is 122 Å². The highest BCUT2D eigenvalue weighted by Crippen LogP contribution is 2.31. The molecule has 4 aliphatic rings. The van der Waals surface area contributed by atoms with E-state index in [0.717, 1.165) is 58.8 Å². The maximum absolute atomic E-state index is 12.2. The van der Waals surface area contributed by atoms with E-state index in [9.17, 15) is 70.2 Å². The zero-order valence-electron chi connectivity index (χ0n) is 41.1. The molecule has 4 rings (SSSR count). The Bertz CT molecular complexity index is 1670. The molecule has 0 aromatic heterocycles. The molecule has 4 saturated heterocycles. The fraction of sp³-hybridized carbons (Fsp3) is 0.860. The number of rotatable bonds is 24. The highest BCUT2D eigenvalue weighted by molar-refractivity contribution is 7.80. The van der Waals surface area contributed by atoms with Gasteiger partial charge in [-0.3, -0.25) is 19.2 Å². The Morgan fingerprint density at radius 1 is 0.411 bits per heavy atom. The second kappa shape index (κ2) is 30.4. The van der Waals surface area contributed by atoms with Crippen molar-refractivity contribution in [2.24, 2.45) is 0 Å². The summed E-state index contributed by atoms with van der Waals surface area (Å²) in [4.78, 5) is 48.3. The van der Waals surface area contributed by atoms with E-state index in [2.05, 4.69) is 42.5 Å². The van der Waals surface area contributed by atoms with Gasteiger partial charge in [0.15, 0.2) is 35.3 Å². The monoisotopic (exact) mass is 1090 g/mol. The zero-order chi connectivity index (χ0) is 54.1. The summed E-state index contributed by atoms with van der Waals surface area (Å²) in [5.74, 6) is -2.28. The van der Waals surface area contributed by atoms with Gasteiger partial charge in [0.05, 0.1) is 26.4 Å². The average Bonchev–Trinajstić information content (AvgIpc) is 3.33. The van der Waals surface area contributed by atoms with Gasteiger partial charge in [0.25, 0.3) is 0 Å². The quantitative estimate of drug-likeness (QED) is 0.0315. The first-order valence-electron chi connectivity index (χ1n) is 24.3. The lowest BCUT2D eigenvalue weighted by molar-refractivity contribution is -0.315. The first kappa shape index (κ1) is 62.2. The lowest BCUT2D eigenvalue weighted by Crippen LogP contribution is -2.71. The van der Waals surface area contributed by atoms with Crippen LogP contribution in [0.1, 0.15) is 72.6 Å². The molecule has 420 valence electrons. The molecule has 4 heterocycles. The largest absolute Gasteiger partial charge is 0.394 e. The van der Waals surface area contributed by atoms with Crippen LogP contribution in [0.25, 0.3) is 0 Å². The Hall–Kier alpha value is -3.38. The summed E-state index contributed by atoms with van der Waals surface area (Å²) < 4.78 is 35.2. The highest BCUT2D eigenvalue weighted by Gasteiger charge is 2.54. The van der Waals surface area contributed by atoms with Crippen LogP contribution >= 0.6 is 24.4 Å². The van der Waals surface area contributed by atoms with Crippen molar-refractivity contribution in [3.05, 3.63) is 0 Å². The second-order valence-electron chi connectivity index (χ2n) is 18.3. The number of aliphatic hydroxyl groups is 10. The minimum atomic E-state index is -1.64. The lowest BCUT2D eigenvalue weighted by Gasteiger charge is -2.48. The lowest BCUT2D eigenvalue weighted by atomic mass is 9.94. The molecule has 28 nitrogen and oxygen atoms in total. The Labute approximate surface area is 432 Å². The molecule has 0 aromatic carbocycles. The van der Waals surface area contributed by atoms with Crippen LogP contribution in [0.4, 0.5) is 0 Å². The Kier molecular flexibility index (Phi) is 25.9. The van der Waals surface area contributed by atoms with Gasteiger partial charge in [-0.2, -0.15) is 0 Å². The zero-order valence-corrected chi connectivity index (χ0v) is 42.7. The number of unbranched alkanes of at least 4 members (excludes halogenated alkanes) is 6. The van der Waals surface area contributed by atoms with Gasteiger partial charge in [0.2, 0.25) is 23.6 Å². The summed E-state index contributed by atoms with van der Waals surface area (Å²) >= 11 is 10.9. The molecular weight excluding hydrogens is 1010 g/mol. The van der Waals surface area contributed by atoms with Crippen LogP contribution in [-0.4, -0.2) is 247 Å². The number of nitrogens with one attached hydrogen (secondary N) is 8. The Balaban J connectivity index is 1.17. The summed E-state index contributed by atoms with van der Waals surface area (Å²) in [5, 5.41) is 127. The number of amides is 4. The fourth-order valence-electron chi connectivity index (χ4n) is 8.96. The molecule has 0 unspecified atom stereocenters. The maximum atomic E-state index is 12.2. The molecule has 20 atom stereocenters. The van der Waals surface area contributed by atoms with Gasteiger partial charge in [0.1, 0.15) is 97.4 Å². The van der Waals surface area contributed by atoms with Crippen molar-refractivity contribution in [1.82, 2.24) is 42.5 Å². The van der Waals surface area contributed by atoms with E-state index in [1.807, 2.05) is 0 Å². The van der Waals surface area contributed by atoms with E-state index in [1.165, 1.54) is 13.8 Å². The summed E-state index contributed by atoms with van der Waals surface area (Å²) in [7, 11) is 0. The number of aliphatic hydroxyl groups excluding tert-OH is 10. The van der Waals surface area contributed by atoms with Gasteiger partial charge in [-0.15, -0.1) is 0 Å². The third-order valence-electron chi connectivity index (χ3n) is 12.6. The van der Waals surface area contributed by atoms with Gasteiger partial charge in [0, 0.05) is 40.8 Å². The molecule has 0 bridgehead atoms. The molecule has 0 radical (unpaired) electrons. The van der Waals surface area contributed by atoms with Crippen LogP contribution in [-0.2, 0) is 47.6 Å². The van der Waals surface area contributed by atoms with Crippen molar-refractivity contribution in [2.75, 3.05) is 39.5 Å². The van der Waals surface area contributed by atoms with Crippen molar-refractivity contribution < 1.29 is 98.7 Å².